The molecule has 0 saturated heterocycles. The minimum Gasteiger partial charge on any atom is -0.395 e. The molecule has 14 heteroatoms. The molecule has 2 aliphatic rings. The number of carbonyl (C=O) groups is 2. The minimum absolute atomic E-state index is 0.128. The summed E-state index contributed by atoms with van der Waals surface area (Å²) in [6.07, 6.45) is -6.19. The first-order valence-electron chi connectivity index (χ1n) is 11.4. The normalized spacial score (nSPS) is 13.4. The molecule has 8 nitrogen and oxygen atoms in total. The molecule has 3 aromatic heterocycles. The van der Waals surface area contributed by atoms with Gasteiger partial charge < -0.3 is 19.4 Å². The smallest absolute Gasteiger partial charge is 0.395 e. The fourth-order valence-electron chi connectivity index (χ4n) is 3.91. The molecule has 3 aromatic rings. The van der Waals surface area contributed by atoms with Crippen molar-refractivity contribution in [2.75, 3.05) is 13.3 Å². The molecule has 0 fully saturated rings. The van der Waals surface area contributed by atoms with E-state index < -0.39 is 60.0 Å². The molecule has 0 saturated carbocycles. The molecule has 2 aliphatic heterocycles. The van der Waals surface area contributed by atoms with E-state index in [2.05, 4.69) is 29.4 Å². The van der Waals surface area contributed by atoms with Gasteiger partial charge in [-0.25, -0.2) is 28.3 Å². The maximum atomic E-state index is 13.7. The number of rotatable bonds is 6. The van der Waals surface area contributed by atoms with E-state index in [-0.39, 0.29) is 11.2 Å². The number of hydrogen-bond acceptors (Lipinski definition) is 6. The molecular weight excluding hydrogens is 546 g/mol. The number of halogens is 6. The highest BCUT2D eigenvalue weighted by Gasteiger charge is 2.42. The summed E-state index contributed by atoms with van der Waals surface area (Å²) in [5.41, 5.74) is -0.308. The van der Waals surface area contributed by atoms with Crippen LogP contribution in [0.25, 0.3) is 45.4 Å². The largest absolute Gasteiger partial charge is 0.429 e. The molecule has 40 heavy (non-hydrogen) atoms. The number of aromatic amines is 2. The Hall–Kier alpha value is -4.88. The number of aromatic nitrogens is 4. The number of nitrogens with one attached hydrogen (secondary N) is 2. The van der Waals surface area contributed by atoms with Crippen LogP contribution >= 0.6 is 0 Å². The summed E-state index contributed by atoms with van der Waals surface area (Å²) in [6, 6.07) is 12.4. The Bertz CT molecular complexity index is 1740. The van der Waals surface area contributed by atoms with Crippen LogP contribution in [0.1, 0.15) is 22.8 Å². The van der Waals surface area contributed by atoms with Gasteiger partial charge in [-0.1, -0.05) is 0 Å². The van der Waals surface area contributed by atoms with Gasteiger partial charge in [0.1, 0.15) is 11.1 Å². The Balaban J connectivity index is 1.81. The Morgan fingerprint density at radius 1 is 0.650 bits per heavy atom. The zero-order valence-electron chi connectivity index (χ0n) is 20.0. The van der Waals surface area contributed by atoms with Crippen molar-refractivity contribution in [3.05, 3.63) is 71.3 Å². The van der Waals surface area contributed by atoms with Gasteiger partial charge in [0.15, 0.2) is 13.3 Å². The van der Waals surface area contributed by atoms with E-state index in [4.69, 9.17) is 0 Å². The van der Waals surface area contributed by atoms with Crippen molar-refractivity contribution >= 4 is 57.3 Å². The summed E-state index contributed by atoms with van der Waals surface area (Å²) >= 11 is 0. The summed E-state index contributed by atoms with van der Waals surface area (Å²) in [4.78, 5) is 40.2. The molecule has 206 valence electrons. The van der Waals surface area contributed by atoms with Crippen LogP contribution in [0.5, 0.6) is 0 Å². The van der Waals surface area contributed by atoms with Crippen LogP contribution in [-0.2, 0) is 19.1 Å². The summed E-state index contributed by atoms with van der Waals surface area (Å²) in [5.74, 6) is -3.93. The quantitative estimate of drug-likeness (QED) is 0.234. The highest BCUT2D eigenvalue weighted by atomic mass is 19.3. The Kier molecular flexibility index (Phi) is 6.69. The topological polar surface area (TPSA) is 110 Å². The molecule has 0 atom stereocenters. The van der Waals surface area contributed by atoms with Crippen molar-refractivity contribution in [3.63, 3.8) is 0 Å². The van der Waals surface area contributed by atoms with Crippen LogP contribution in [0.15, 0.2) is 48.5 Å². The Morgan fingerprint density at radius 2 is 1.07 bits per heavy atom. The number of alkyl halides is 6. The van der Waals surface area contributed by atoms with Gasteiger partial charge in [-0.15, -0.1) is 0 Å². The standard InChI is InChI=1S/C26H16F6N4O4/c27-11-25(29,30)39-23(37)21-19-9-17-5-3-15(34-17)7-13-1-2-14(33-13)8-16-4-6-18(35-16)10-20(36-19)22(21)24(38)40-26(31,32)12-28/h1-10,33-34H,11-12H2. The first kappa shape index (κ1) is 26.7. The van der Waals surface area contributed by atoms with Crippen molar-refractivity contribution in [3.8, 4) is 0 Å². The van der Waals surface area contributed by atoms with Crippen LogP contribution < -0.4 is 0 Å². The first-order chi connectivity index (χ1) is 18.9. The number of esters is 2. The number of nitrogens with zero attached hydrogens (tertiary/aromatic N) is 2. The van der Waals surface area contributed by atoms with E-state index in [0.29, 0.717) is 22.2 Å². The van der Waals surface area contributed by atoms with Gasteiger partial charge in [0.2, 0.25) is 0 Å². The fourth-order valence-corrected chi connectivity index (χ4v) is 3.91. The van der Waals surface area contributed by atoms with E-state index in [1.165, 1.54) is 12.1 Å². The minimum atomic E-state index is -4.62. The lowest BCUT2D eigenvalue weighted by Gasteiger charge is -2.16. The second-order valence-corrected chi connectivity index (χ2v) is 8.56. The fraction of sp³-hybridized carbons (Fsp3) is 0.154. The molecule has 0 radical (unpaired) electrons. The van der Waals surface area contributed by atoms with Gasteiger partial charge in [0.25, 0.3) is 0 Å². The predicted molar refractivity (Wildman–Crippen MR) is 131 cm³/mol. The molecule has 0 amide bonds. The molecule has 0 unspecified atom stereocenters. The molecular formula is C26H16F6N4O4. The lowest BCUT2D eigenvalue weighted by molar-refractivity contribution is -0.235. The zero-order chi connectivity index (χ0) is 28.7. The highest BCUT2D eigenvalue weighted by Crippen LogP contribution is 2.35. The number of hydrogen-bond donors (Lipinski definition) is 2. The van der Waals surface area contributed by atoms with E-state index >= 15 is 0 Å². The van der Waals surface area contributed by atoms with E-state index in [0.717, 1.165) is 12.1 Å². The second kappa shape index (κ2) is 10.0. The highest BCUT2D eigenvalue weighted by molar-refractivity contribution is 6.38. The van der Waals surface area contributed by atoms with Gasteiger partial charge in [-0.05, 0) is 60.7 Å². The van der Waals surface area contributed by atoms with E-state index in [9.17, 15) is 35.9 Å². The molecule has 5 rings (SSSR count). The molecule has 8 bridgehead atoms. The van der Waals surface area contributed by atoms with Crippen LogP contribution in [0.2, 0.25) is 0 Å². The summed E-state index contributed by atoms with van der Waals surface area (Å²) in [5, 5.41) is 0. The van der Waals surface area contributed by atoms with Crippen LogP contribution in [0, 0.1) is 0 Å². The van der Waals surface area contributed by atoms with E-state index in [1.54, 1.807) is 36.4 Å². The van der Waals surface area contributed by atoms with Crippen LogP contribution in [0.3, 0.4) is 0 Å². The zero-order valence-corrected chi connectivity index (χ0v) is 20.0. The SMILES string of the molecule is O=C(OC(F)(F)CF)C1=C(C(=O)OC(F)(F)CF)c2cc3ccc(cc4ccc(cc5nc(cc1n2)C=C5)[nH]4)[nH]3. The van der Waals surface area contributed by atoms with Crippen molar-refractivity contribution in [2.45, 2.75) is 12.2 Å². The Labute approximate surface area is 220 Å². The molecule has 0 spiro atoms. The van der Waals surface area contributed by atoms with Gasteiger partial charge in [0.05, 0.1) is 22.8 Å². The van der Waals surface area contributed by atoms with Crippen molar-refractivity contribution in [2.24, 2.45) is 0 Å². The summed E-state index contributed by atoms with van der Waals surface area (Å²) in [6.45, 7) is -4.81. The third-order valence-corrected chi connectivity index (χ3v) is 5.54. The second-order valence-electron chi connectivity index (χ2n) is 8.56. The van der Waals surface area contributed by atoms with Gasteiger partial charge in [-0.2, -0.15) is 17.6 Å². The summed E-state index contributed by atoms with van der Waals surface area (Å²) < 4.78 is 88.1. The summed E-state index contributed by atoms with van der Waals surface area (Å²) in [7, 11) is 0. The molecule has 0 aliphatic carbocycles. The number of ether oxygens (including phenoxy) is 2. The predicted octanol–water partition coefficient (Wildman–Crippen LogP) is 5.61. The first-order valence-corrected chi connectivity index (χ1v) is 11.4. The van der Waals surface area contributed by atoms with E-state index in [1.807, 2.05) is 0 Å². The number of H-pyrrole nitrogens is 2. The maximum absolute atomic E-state index is 13.7. The van der Waals surface area contributed by atoms with Crippen LogP contribution in [-0.4, -0.2) is 57.4 Å². The maximum Gasteiger partial charge on any atom is 0.429 e. The van der Waals surface area contributed by atoms with Crippen molar-refractivity contribution in [1.82, 2.24) is 19.9 Å². The van der Waals surface area contributed by atoms with Gasteiger partial charge in [-0.3, -0.25) is 0 Å². The lowest BCUT2D eigenvalue weighted by atomic mass is 10.0. The average molecular weight is 562 g/mol. The number of carbonyl (C=O) groups excluding carboxylic acids is 2. The van der Waals surface area contributed by atoms with Crippen molar-refractivity contribution < 1.29 is 45.4 Å². The molecule has 0 aromatic carbocycles. The van der Waals surface area contributed by atoms with Gasteiger partial charge in [0, 0.05) is 22.1 Å². The number of fused-ring (bicyclic) bond motifs is 8. The molecule has 2 N–H and O–H groups in total. The Morgan fingerprint density at radius 3 is 1.57 bits per heavy atom. The third kappa shape index (κ3) is 5.60. The lowest BCUT2D eigenvalue weighted by Crippen LogP contribution is -2.30. The monoisotopic (exact) mass is 562 g/mol. The van der Waals surface area contributed by atoms with Gasteiger partial charge >= 0.3 is 24.2 Å². The molecule has 5 heterocycles. The average Bonchev–Trinajstić information content (AvgIpc) is 3.68. The van der Waals surface area contributed by atoms with Crippen molar-refractivity contribution in [1.29, 1.82) is 0 Å². The third-order valence-electron chi connectivity index (χ3n) is 5.54. The van der Waals surface area contributed by atoms with Crippen LogP contribution in [0.4, 0.5) is 26.3 Å².